The highest BCUT2D eigenvalue weighted by atomic mass is 19.4. The molecule has 194 valence electrons. The summed E-state index contributed by atoms with van der Waals surface area (Å²) in [5.74, 6) is 1.26. The quantitative estimate of drug-likeness (QED) is 0.368. The molecule has 0 fully saturated rings. The van der Waals surface area contributed by atoms with Crippen molar-refractivity contribution >= 4 is 11.8 Å². The summed E-state index contributed by atoms with van der Waals surface area (Å²) < 4.78 is 55.9. The predicted octanol–water partition coefficient (Wildman–Crippen LogP) is 5.19. The maximum absolute atomic E-state index is 13.5. The molecule has 3 aromatic rings. The number of nitrogens with zero attached hydrogens (tertiary/aromatic N) is 2. The van der Waals surface area contributed by atoms with Crippen molar-refractivity contribution in [2.24, 2.45) is 0 Å². The second-order valence-electron chi connectivity index (χ2n) is 8.50. The van der Waals surface area contributed by atoms with Gasteiger partial charge in [-0.25, -0.2) is 0 Å². The van der Waals surface area contributed by atoms with Crippen molar-refractivity contribution in [3.63, 3.8) is 0 Å². The lowest BCUT2D eigenvalue weighted by molar-refractivity contribution is -0.137. The molecule has 0 spiro atoms. The van der Waals surface area contributed by atoms with E-state index in [4.69, 9.17) is 13.9 Å². The smallest absolute Gasteiger partial charge is 0.416 e. The highest BCUT2D eigenvalue weighted by molar-refractivity contribution is 5.96. The van der Waals surface area contributed by atoms with E-state index in [-0.39, 0.29) is 38.5 Å². The van der Waals surface area contributed by atoms with Crippen LogP contribution in [-0.2, 0) is 24.1 Å². The number of benzene rings is 2. The van der Waals surface area contributed by atoms with Crippen LogP contribution in [0.2, 0.25) is 0 Å². The first-order valence-corrected chi connectivity index (χ1v) is 11.4. The molecule has 0 bridgehead atoms. The Hall–Kier alpha value is -4.21. The third kappa shape index (κ3) is 6.32. The highest BCUT2D eigenvalue weighted by Gasteiger charge is 2.32. The van der Waals surface area contributed by atoms with Gasteiger partial charge in [-0.2, -0.15) is 13.2 Å². The summed E-state index contributed by atoms with van der Waals surface area (Å²) in [6, 6.07) is 13.0. The van der Waals surface area contributed by atoms with Gasteiger partial charge in [-0.1, -0.05) is 18.2 Å². The van der Waals surface area contributed by atoms with Gasteiger partial charge in [0.15, 0.2) is 11.5 Å². The fourth-order valence-electron chi connectivity index (χ4n) is 3.90. The number of furan rings is 1. The van der Waals surface area contributed by atoms with E-state index in [9.17, 15) is 22.8 Å². The predicted molar refractivity (Wildman–Crippen MR) is 128 cm³/mol. The van der Waals surface area contributed by atoms with Crippen LogP contribution in [-0.4, -0.2) is 41.5 Å². The Morgan fingerprint density at radius 1 is 1.00 bits per heavy atom. The molecule has 7 nitrogen and oxygen atoms in total. The third-order valence-electron chi connectivity index (χ3n) is 5.71. The summed E-state index contributed by atoms with van der Waals surface area (Å²) in [6.45, 7) is 5.42. The number of carbonyl (C=O) groups is 2. The van der Waals surface area contributed by atoms with E-state index in [1.165, 1.54) is 17.0 Å². The molecule has 0 atom stereocenters. The molecule has 1 aliphatic rings. The van der Waals surface area contributed by atoms with Crippen LogP contribution in [0.25, 0.3) is 0 Å². The van der Waals surface area contributed by atoms with Crippen LogP contribution in [0, 0.1) is 6.92 Å². The molecule has 2 aromatic carbocycles. The van der Waals surface area contributed by atoms with Gasteiger partial charge in [0.1, 0.15) is 18.1 Å². The molecule has 4 rings (SSSR count). The summed E-state index contributed by atoms with van der Waals surface area (Å²) >= 11 is 0. The average Bonchev–Trinajstić information content (AvgIpc) is 3.50. The lowest BCUT2D eigenvalue weighted by atomic mass is 10.1. The lowest BCUT2D eigenvalue weighted by Gasteiger charge is -2.27. The number of hydrogen-bond acceptors (Lipinski definition) is 5. The van der Waals surface area contributed by atoms with E-state index in [1.807, 2.05) is 0 Å². The molecule has 37 heavy (non-hydrogen) atoms. The molecule has 0 unspecified atom stereocenters. The fourth-order valence-corrected chi connectivity index (χ4v) is 3.90. The van der Waals surface area contributed by atoms with Gasteiger partial charge in [-0.05, 0) is 55.0 Å². The number of aryl methyl sites for hydroxylation is 1. The maximum atomic E-state index is 13.5. The number of amides is 2. The number of carbonyl (C=O) groups excluding carboxylic acids is 2. The molecule has 10 heteroatoms. The van der Waals surface area contributed by atoms with Gasteiger partial charge < -0.3 is 23.7 Å². The standard InChI is InChI=1S/C27H25F3N2O5/c1-3-11-31(26(34)20-5-4-6-21(13-20)27(28,29)30)16-25(33)32(15-22-9-7-18(2)37-22)14-19-8-10-23-24(12-19)36-17-35-23/h3-10,12-13H,1,11,14-17H2,2H3. The first kappa shape index (κ1) is 25.9. The van der Waals surface area contributed by atoms with Crippen LogP contribution < -0.4 is 9.47 Å². The van der Waals surface area contributed by atoms with Gasteiger partial charge in [0.05, 0.1) is 12.1 Å². The molecule has 1 aliphatic heterocycles. The van der Waals surface area contributed by atoms with Crippen LogP contribution in [0.5, 0.6) is 11.5 Å². The van der Waals surface area contributed by atoms with Crippen molar-refractivity contribution in [3.8, 4) is 11.5 Å². The van der Waals surface area contributed by atoms with E-state index < -0.39 is 23.6 Å². The summed E-state index contributed by atoms with van der Waals surface area (Å²) in [7, 11) is 0. The van der Waals surface area contributed by atoms with Crippen molar-refractivity contribution in [1.29, 1.82) is 0 Å². The minimum atomic E-state index is -4.60. The Kier molecular flexibility index (Phi) is 7.56. The number of hydrogen-bond donors (Lipinski definition) is 0. The molecule has 0 N–H and O–H groups in total. The van der Waals surface area contributed by atoms with E-state index in [1.54, 1.807) is 37.3 Å². The van der Waals surface area contributed by atoms with E-state index in [0.29, 0.717) is 23.0 Å². The Bertz CT molecular complexity index is 1300. The zero-order chi connectivity index (χ0) is 26.6. The summed E-state index contributed by atoms with van der Waals surface area (Å²) in [4.78, 5) is 29.2. The zero-order valence-electron chi connectivity index (χ0n) is 20.1. The number of ether oxygens (including phenoxy) is 2. The first-order valence-electron chi connectivity index (χ1n) is 11.4. The largest absolute Gasteiger partial charge is 0.464 e. The van der Waals surface area contributed by atoms with Crippen molar-refractivity contribution in [2.75, 3.05) is 19.9 Å². The Labute approximate surface area is 211 Å². The van der Waals surface area contributed by atoms with E-state index in [2.05, 4.69) is 6.58 Å². The second-order valence-corrected chi connectivity index (χ2v) is 8.50. The molecule has 2 amide bonds. The second kappa shape index (κ2) is 10.8. The third-order valence-corrected chi connectivity index (χ3v) is 5.71. The van der Waals surface area contributed by atoms with Gasteiger partial charge in [0, 0.05) is 18.7 Å². The minimum absolute atomic E-state index is 0.0292. The van der Waals surface area contributed by atoms with Crippen LogP contribution in [0.15, 0.2) is 71.7 Å². The van der Waals surface area contributed by atoms with Crippen molar-refractivity contribution in [1.82, 2.24) is 9.80 Å². The summed E-state index contributed by atoms with van der Waals surface area (Å²) in [6.07, 6.45) is -3.19. The average molecular weight is 515 g/mol. The van der Waals surface area contributed by atoms with Gasteiger partial charge in [0.25, 0.3) is 5.91 Å². The summed E-state index contributed by atoms with van der Waals surface area (Å²) in [5, 5.41) is 0. The first-order chi connectivity index (χ1) is 17.6. The normalized spacial score (nSPS) is 12.3. The SMILES string of the molecule is C=CCN(CC(=O)N(Cc1ccc2c(c1)OCO2)Cc1ccc(C)o1)C(=O)c1cccc(C(F)(F)F)c1. The van der Waals surface area contributed by atoms with Crippen LogP contribution >= 0.6 is 0 Å². The van der Waals surface area contributed by atoms with Gasteiger partial charge in [-0.3, -0.25) is 9.59 Å². The van der Waals surface area contributed by atoms with Crippen LogP contribution in [0.3, 0.4) is 0 Å². The van der Waals surface area contributed by atoms with Gasteiger partial charge in [-0.15, -0.1) is 6.58 Å². The maximum Gasteiger partial charge on any atom is 0.416 e. The number of alkyl halides is 3. The van der Waals surface area contributed by atoms with Crippen LogP contribution in [0.1, 0.15) is 33.0 Å². The number of fused-ring (bicyclic) bond motifs is 1. The lowest BCUT2D eigenvalue weighted by Crippen LogP contribution is -2.42. The Balaban J connectivity index is 1.56. The van der Waals surface area contributed by atoms with Crippen molar-refractivity contribution in [3.05, 3.63) is 95.5 Å². The fraction of sp³-hybridized carbons (Fsp3) is 0.259. The highest BCUT2D eigenvalue weighted by Crippen LogP contribution is 2.33. The van der Waals surface area contributed by atoms with Crippen LogP contribution in [0.4, 0.5) is 13.2 Å². The van der Waals surface area contributed by atoms with E-state index in [0.717, 1.165) is 28.7 Å². The molecule has 1 aromatic heterocycles. The molecule has 0 radical (unpaired) electrons. The molecular weight excluding hydrogens is 489 g/mol. The molecule has 0 saturated carbocycles. The molecule has 2 heterocycles. The van der Waals surface area contributed by atoms with Gasteiger partial charge >= 0.3 is 6.18 Å². The van der Waals surface area contributed by atoms with Crippen molar-refractivity contribution < 1.29 is 36.7 Å². The molecular formula is C27H25F3N2O5. The monoisotopic (exact) mass is 514 g/mol. The summed E-state index contributed by atoms with van der Waals surface area (Å²) in [5.41, 5.74) is -0.352. The van der Waals surface area contributed by atoms with Crippen molar-refractivity contribution in [2.45, 2.75) is 26.2 Å². The Morgan fingerprint density at radius 3 is 2.49 bits per heavy atom. The molecule has 0 aliphatic carbocycles. The topological polar surface area (TPSA) is 72.2 Å². The zero-order valence-corrected chi connectivity index (χ0v) is 20.1. The van der Waals surface area contributed by atoms with E-state index >= 15 is 0 Å². The number of rotatable bonds is 9. The number of halogens is 3. The molecule has 0 saturated heterocycles. The minimum Gasteiger partial charge on any atom is -0.464 e. The Morgan fingerprint density at radius 2 is 1.78 bits per heavy atom. The van der Waals surface area contributed by atoms with Gasteiger partial charge in [0.2, 0.25) is 12.7 Å².